The molecule has 9 nitrogen and oxygen atoms in total. The Labute approximate surface area is 381 Å². The van der Waals surface area contributed by atoms with E-state index < -0.39 is 49.5 Å². The van der Waals surface area contributed by atoms with Crippen molar-refractivity contribution in [1.29, 1.82) is 0 Å². The Morgan fingerprint density at radius 1 is 0.556 bits per heavy atom. The minimum Gasteiger partial charge on any atom is -0.394 e. The number of nitrogens with one attached hydrogen (secondary N) is 1. The molecule has 1 aliphatic rings. The highest BCUT2D eigenvalue weighted by Crippen LogP contribution is 2.22. The summed E-state index contributed by atoms with van der Waals surface area (Å²) < 4.78 is 11.1. The molecule has 1 rings (SSSR count). The van der Waals surface area contributed by atoms with Crippen LogP contribution in [-0.4, -0.2) is 87.5 Å². The Hall–Kier alpha value is -3.93. The zero-order valence-electron chi connectivity index (χ0n) is 38.5. The van der Waals surface area contributed by atoms with Gasteiger partial charge in [-0.1, -0.05) is 166 Å². The lowest BCUT2D eigenvalue weighted by Crippen LogP contribution is -2.60. The first-order valence-electron chi connectivity index (χ1n) is 23.6. The molecule has 1 fully saturated rings. The average molecular weight is 874 g/mol. The maximum absolute atomic E-state index is 12.9. The summed E-state index contributed by atoms with van der Waals surface area (Å²) in [6.07, 6.45) is 59.4. The Kier molecular flexibility index (Phi) is 38.1. The van der Waals surface area contributed by atoms with E-state index in [0.29, 0.717) is 6.42 Å². The normalized spacial score (nSPS) is 21.5. The van der Waals surface area contributed by atoms with Gasteiger partial charge < -0.3 is 40.3 Å². The summed E-state index contributed by atoms with van der Waals surface area (Å²) in [6, 6.07) is -0.853. The van der Waals surface area contributed by atoms with Gasteiger partial charge in [-0.05, 0) is 103 Å². The van der Waals surface area contributed by atoms with Crippen LogP contribution in [0.15, 0.2) is 146 Å². The van der Waals surface area contributed by atoms with E-state index in [2.05, 4.69) is 153 Å². The Balaban J connectivity index is 2.24. The van der Waals surface area contributed by atoms with Crippen LogP contribution in [0.25, 0.3) is 0 Å². The van der Waals surface area contributed by atoms with E-state index in [1.807, 2.05) is 6.08 Å². The average Bonchev–Trinajstić information content (AvgIpc) is 3.28. The van der Waals surface area contributed by atoms with Crippen molar-refractivity contribution in [3.63, 3.8) is 0 Å². The predicted molar refractivity (Wildman–Crippen MR) is 262 cm³/mol. The fraction of sp³-hybridized carbons (Fsp3) is 0.537. The third-order valence-electron chi connectivity index (χ3n) is 9.88. The van der Waals surface area contributed by atoms with E-state index in [-0.39, 0.29) is 18.9 Å². The minimum absolute atomic E-state index is 0.231. The summed E-state index contributed by atoms with van der Waals surface area (Å²) in [4.78, 5) is 12.9. The number of rotatable bonds is 36. The van der Waals surface area contributed by atoms with Gasteiger partial charge >= 0.3 is 0 Å². The van der Waals surface area contributed by atoms with Crippen LogP contribution in [0.4, 0.5) is 0 Å². The molecule has 0 bridgehead atoms. The lowest BCUT2D eigenvalue weighted by Gasteiger charge is -2.40. The maximum Gasteiger partial charge on any atom is 0.220 e. The summed E-state index contributed by atoms with van der Waals surface area (Å²) in [5.74, 6) is -0.243. The summed E-state index contributed by atoms with van der Waals surface area (Å²) in [7, 11) is 0. The van der Waals surface area contributed by atoms with E-state index in [0.717, 1.165) is 103 Å². The number of hydrogen-bond donors (Lipinski definition) is 6. The molecule has 7 unspecified atom stereocenters. The fourth-order valence-electron chi connectivity index (χ4n) is 6.14. The van der Waals surface area contributed by atoms with Crippen molar-refractivity contribution in [2.24, 2.45) is 0 Å². The first kappa shape index (κ1) is 57.1. The molecule has 0 spiro atoms. The molecule has 0 aromatic heterocycles. The quantitative estimate of drug-likeness (QED) is 0.0269. The zero-order valence-corrected chi connectivity index (χ0v) is 38.5. The number of carbonyl (C=O) groups is 1. The highest BCUT2D eigenvalue weighted by molar-refractivity contribution is 5.76. The van der Waals surface area contributed by atoms with Crippen molar-refractivity contribution in [2.75, 3.05) is 13.2 Å². The van der Waals surface area contributed by atoms with Crippen LogP contribution in [0.3, 0.4) is 0 Å². The fourth-order valence-corrected chi connectivity index (χ4v) is 6.14. The second-order valence-electron chi connectivity index (χ2n) is 15.5. The third-order valence-corrected chi connectivity index (χ3v) is 9.88. The van der Waals surface area contributed by atoms with Crippen molar-refractivity contribution in [2.45, 2.75) is 172 Å². The Morgan fingerprint density at radius 3 is 1.44 bits per heavy atom. The first-order chi connectivity index (χ1) is 30.8. The summed E-state index contributed by atoms with van der Waals surface area (Å²) in [5, 5.41) is 53.8. The van der Waals surface area contributed by atoms with Gasteiger partial charge in [0.1, 0.15) is 24.4 Å². The number of hydrogen-bond acceptors (Lipinski definition) is 8. The standard InChI is InChI=1S/C54H83NO8/c1-3-5-7-9-11-12-13-14-15-16-17-18-19-20-21-22-23-24-25-26-27-28-29-30-31-32-33-34-35-36-38-40-42-44-50(58)55-47(48(57)43-41-39-37-10-8-6-4-2)46-62-54-53(61)52(60)51(59)49(45-56)63-54/h5,7-8,10-12,14-15,17-18,20-21,23-24,26-27,29-30,32-33,35-36,41,43,47-49,51-54,56-57,59-61H,3-4,6,9,13,16,19,22,25,28,31,34,37-40,42,44-46H2,1-2H3,(H,55,58)/b7-5-,10-8+,12-11-,15-14-,18-17-,21-20-,24-23-,27-26-,30-29-,33-32-,36-35-,43-41+. The second-order valence-corrected chi connectivity index (χ2v) is 15.5. The molecule has 63 heavy (non-hydrogen) atoms. The van der Waals surface area contributed by atoms with Gasteiger partial charge in [-0.15, -0.1) is 0 Å². The third kappa shape index (κ3) is 32.4. The van der Waals surface area contributed by atoms with Gasteiger partial charge in [0.25, 0.3) is 0 Å². The number of amides is 1. The maximum atomic E-state index is 12.9. The van der Waals surface area contributed by atoms with Crippen molar-refractivity contribution >= 4 is 5.91 Å². The smallest absolute Gasteiger partial charge is 0.220 e. The van der Waals surface area contributed by atoms with E-state index in [4.69, 9.17) is 9.47 Å². The molecule has 352 valence electrons. The monoisotopic (exact) mass is 874 g/mol. The lowest BCUT2D eigenvalue weighted by atomic mass is 9.99. The van der Waals surface area contributed by atoms with Gasteiger partial charge in [-0.25, -0.2) is 0 Å². The first-order valence-corrected chi connectivity index (χ1v) is 23.6. The Bertz CT molecular complexity index is 1480. The zero-order chi connectivity index (χ0) is 45.9. The van der Waals surface area contributed by atoms with Gasteiger partial charge in [-0.2, -0.15) is 0 Å². The minimum atomic E-state index is -1.59. The summed E-state index contributed by atoms with van der Waals surface area (Å²) in [5.41, 5.74) is 0. The molecule has 9 heteroatoms. The number of allylic oxidation sites excluding steroid dienone is 23. The molecule has 7 atom stereocenters. The topological polar surface area (TPSA) is 149 Å². The van der Waals surface area contributed by atoms with Crippen molar-refractivity contribution in [3.8, 4) is 0 Å². The van der Waals surface area contributed by atoms with Crippen LogP contribution in [0.1, 0.15) is 129 Å². The molecular weight excluding hydrogens is 791 g/mol. The highest BCUT2D eigenvalue weighted by Gasteiger charge is 2.44. The van der Waals surface area contributed by atoms with Crippen LogP contribution >= 0.6 is 0 Å². The molecule has 0 radical (unpaired) electrons. The van der Waals surface area contributed by atoms with E-state index in [1.165, 1.54) is 0 Å². The van der Waals surface area contributed by atoms with Gasteiger partial charge in [0.2, 0.25) is 5.91 Å². The Morgan fingerprint density at radius 2 is 0.984 bits per heavy atom. The largest absolute Gasteiger partial charge is 0.394 e. The molecule has 1 amide bonds. The van der Waals surface area contributed by atoms with Crippen LogP contribution in [0, 0.1) is 0 Å². The SMILES string of the molecule is CC/C=C\C/C=C\C/C=C\C/C=C\C/C=C\C/C=C\C/C=C\C/C=C\C/C=C\C/C=C\CCCCC(=O)NC(COC1OC(CO)C(O)C(O)C1O)C(O)/C=C/CC/C=C/CCC. The number of aliphatic hydroxyl groups excluding tert-OH is 5. The van der Waals surface area contributed by atoms with E-state index in [1.54, 1.807) is 6.08 Å². The van der Waals surface area contributed by atoms with Crippen LogP contribution < -0.4 is 5.32 Å². The summed E-state index contributed by atoms with van der Waals surface area (Å²) >= 11 is 0. The number of aliphatic hydroxyl groups is 5. The van der Waals surface area contributed by atoms with Crippen molar-refractivity contribution in [3.05, 3.63) is 146 Å². The lowest BCUT2D eigenvalue weighted by molar-refractivity contribution is -0.302. The molecule has 0 aromatic carbocycles. The van der Waals surface area contributed by atoms with E-state index in [9.17, 15) is 30.3 Å². The van der Waals surface area contributed by atoms with Gasteiger partial charge in [-0.3, -0.25) is 4.79 Å². The number of ether oxygens (including phenoxy) is 2. The summed E-state index contributed by atoms with van der Waals surface area (Å²) in [6.45, 7) is 3.46. The van der Waals surface area contributed by atoms with E-state index >= 15 is 0 Å². The number of carbonyl (C=O) groups excluding carboxylic acids is 1. The number of unbranched alkanes of at least 4 members (excludes halogenated alkanes) is 4. The molecule has 1 saturated heterocycles. The molecular formula is C54H83NO8. The molecule has 1 aliphatic heterocycles. The van der Waals surface area contributed by atoms with Crippen LogP contribution in [0.2, 0.25) is 0 Å². The molecule has 0 aromatic rings. The van der Waals surface area contributed by atoms with Crippen molar-refractivity contribution in [1.82, 2.24) is 5.32 Å². The molecule has 1 heterocycles. The van der Waals surface area contributed by atoms with Crippen LogP contribution in [-0.2, 0) is 14.3 Å². The molecule has 0 aliphatic carbocycles. The van der Waals surface area contributed by atoms with Crippen LogP contribution in [0.5, 0.6) is 0 Å². The second kappa shape index (κ2) is 42.0. The molecule has 6 N–H and O–H groups in total. The van der Waals surface area contributed by atoms with Gasteiger partial charge in [0.05, 0.1) is 25.4 Å². The van der Waals surface area contributed by atoms with Gasteiger partial charge in [0, 0.05) is 6.42 Å². The predicted octanol–water partition coefficient (Wildman–Crippen LogP) is 10.4. The molecule has 0 saturated carbocycles. The van der Waals surface area contributed by atoms with Crippen molar-refractivity contribution < 1.29 is 39.8 Å². The van der Waals surface area contributed by atoms with Gasteiger partial charge in [0.15, 0.2) is 6.29 Å². The highest BCUT2D eigenvalue weighted by atomic mass is 16.7.